The molecule has 2 aliphatic rings. The molecule has 3 rings (SSSR count). The maximum Gasteiger partial charge on any atom is 1.00 e. The van der Waals surface area contributed by atoms with Crippen LogP contribution in [0.25, 0.3) is 0 Å². The maximum atomic E-state index is 13.3. The molecule has 2 saturated carbocycles. The largest absolute Gasteiger partial charge is 1.00 e. The van der Waals surface area contributed by atoms with Crippen molar-refractivity contribution in [1.82, 2.24) is 0 Å². The summed E-state index contributed by atoms with van der Waals surface area (Å²) in [6.07, 6.45) is 13.9. The zero-order chi connectivity index (χ0) is 15.4. The van der Waals surface area contributed by atoms with Gasteiger partial charge >= 0.3 is 58.2 Å². The molecular formula is C21H30FRb. The molecule has 0 aliphatic heterocycles. The van der Waals surface area contributed by atoms with E-state index in [-0.39, 0.29) is 64.0 Å². The van der Waals surface area contributed by atoms with Crippen molar-refractivity contribution in [3.63, 3.8) is 0 Å². The molecular weight excluding hydrogens is 357 g/mol. The van der Waals surface area contributed by atoms with E-state index in [9.17, 15) is 4.39 Å². The average Bonchev–Trinajstić information content (AvgIpc) is 2.55. The van der Waals surface area contributed by atoms with Crippen LogP contribution in [-0.4, -0.2) is 0 Å². The smallest absolute Gasteiger partial charge is 0.236 e. The predicted octanol–water partition coefficient (Wildman–Crippen LogP) is 3.51. The number of hydrogen-bond acceptors (Lipinski definition) is 0. The summed E-state index contributed by atoms with van der Waals surface area (Å²) < 4.78 is 13.3. The first-order chi connectivity index (χ1) is 10.7. The molecule has 2 aliphatic carbocycles. The fourth-order valence-corrected chi connectivity index (χ4v) is 4.58. The molecule has 2 heteroatoms. The third-order valence-corrected chi connectivity index (χ3v) is 6.23. The molecule has 0 radical (unpaired) electrons. The summed E-state index contributed by atoms with van der Waals surface area (Å²) >= 11 is 0. The molecule has 2 fully saturated rings. The molecule has 0 heterocycles. The summed E-state index contributed by atoms with van der Waals surface area (Å²) in [7, 11) is 0. The molecule has 1 aromatic rings. The monoisotopic (exact) mass is 386 g/mol. The van der Waals surface area contributed by atoms with Gasteiger partial charge in [0.2, 0.25) is 0 Å². The second-order valence-electron chi connectivity index (χ2n) is 7.89. The van der Waals surface area contributed by atoms with Gasteiger partial charge in [-0.15, -0.1) is 12.1 Å². The Labute approximate surface area is 190 Å². The van der Waals surface area contributed by atoms with Gasteiger partial charge in [0, 0.05) is 5.82 Å². The van der Waals surface area contributed by atoms with Crippen molar-refractivity contribution in [2.24, 2.45) is 17.8 Å². The van der Waals surface area contributed by atoms with E-state index in [0.29, 0.717) is 5.92 Å². The summed E-state index contributed by atoms with van der Waals surface area (Å²) in [4.78, 5) is 0. The molecule has 23 heavy (non-hydrogen) atoms. The Morgan fingerprint density at radius 3 is 2.09 bits per heavy atom. The van der Waals surface area contributed by atoms with Crippen LogP contribution in [-0.2, 0) is 0 Å². The van der Waals surface area contributed by atoms with Gasteiger partial charge in [0.15, 0.2) is 0 Å². The van der Waals surface area contributed by atoms with Crippen molar-refractivity contribution in [1.29, 1.82) is 0 Å². The second kappa shape index (κ2) is 10.2. The van der Waals surface area contributed by atoms with Crippen LogP contribution in [0.1, 0.15) is 82.6 Å². The van der Waals surface area contributed by atoms with Gasteiger partial charge in [-0.05, 0) is 49.4 Å². The molecule has 0 aromatic heterocycles. The van der Waals surface area contributed by atoms with E-state index in [1.165, 1.54) is 69.8 Å². The molecule has 0 spiro atoms. The van der Waals surface area contributed by atoms with E-state index >= 15 is 0 Å². The zero-order valence-corrected chi connectivity index (χ0v) is 19.9. The van der Waals surface area contributed by atoms with Gasteiger partial charge in [-0.1, -0.05) is 45.4 Å². The van der Waals surface area contributed by atoms with Crippen molar-refractivity contribution in [3.8, 4) is 0 Å². The third-order valence-electron chi connectivity index (χ3n) is 6.23. The Bertz CT molecular complexity index is 457. The second-order valence-corrected chi connectivity index (χ2v) is 7.89. The number of halogens is 1. The summed E-state index contributed by atoms with van der Waals surface area (Å²) in [5.41, 5.74) is 1.19. The summed E-state index contributed by atoms with van der Waals surface area (Å²) in [5, 5.41) is 0. The molecule has 122 valence electrons. The van der Waals surface area contributed by atoms with Crippen molar-refractivity contribution >= 4 is 0 Å². The summed E-state index contributed by atoms with van der Waals surface area (Å²) in [6, 6.07) is 8.09. The van der Waals surface area contributed by atoms with Gasteiger partial charge in [0.25, 0.3) is 0 Å². The number of benzene rings is 1. The fourth-order valence-electron chi connectivity index (χ4n) is 4.58. The first kappa shape index (κ1) is 20.3. The molecule has 0 bridgehead atoms. The van der Waals surface area contributed by atoms with Crippen molar-refractivity contribution < 1.29 is 62.6 Å². The normalized spacial score (nSPS) is 31.4. The molecule has 1 aromatic carbocycles. The van der Waals surface area contributed by atoms with Gasteiger partial charge in [-0.25, -0.2) is 4.39 Å². The van der Waals surface area contributed by atoms with Gasteiger partial charge < -0.3 is 0 Å². The van der Waals surface area contributed by atoms with Crippen LogP contribution >= 0.6 is 0 Å². The third kappa shape index (κ3) is 6.31. The van der Waals surface area contributed by atoms with Crippen molar-refractivity contribution in [2.45, 2.75) is 77.0 Å². The zero-order valence-electron chi connectivity index (χ0n) is 15.0. The van der Waals surface area contributed by atoms with Gasteiger partial charge in [0.1, 0.15) is 0 Å². The van der Waals surface area contributed by atoms with Crippen LogP contribution in [0, 0.1) is 29.6 Å². The molecule has 0 unspecified atom stereocenters. The number of hydrogen-bond donors (Lipinski definition) is 0. The SMILES string of the molecule is CC1CCC(CCC2CCC(c3cc[c-]c(F)c3)CC2)CC1.[Rb+]. The Morgan fingerprint density at radius 2 is 1.52 bits per heavy atom. The molecule has 0 amide bonds. The Morgan fingerprint density at radius 1 is 0.957 bits per heavy atom. The van der Waals surface area contributed by atoms with Gasteiger partial charge in [-0.2, -0.15) is 17.7 Å². The molecule has 0 N–H and O–H groups in total. The quantitative estimate of drug-likeness (QED) is 0.695. The van der Waals surface area contributed by atoms with E-state index in [4.69, 9.17) is 0 Å². The minimum Gasteiger partial charge on any atom is -0.236 e. The van der Waals surface area contributed by atoms with Crippen molar-refractivity contribution in [2.75, 3.05) is 0 Å². The molecule has 0 saturated heterocycles. The molecule has 0 atom stereocenters. The van der Waals surface area contributed by atoms with Gasteiger partial charge in [0.05, 0.1) is 0 Å². The maximum absolute atomic E-state index is 13.3. The van der Waals surface area contributed by atoms with E-state index in [0.717, 1.165) is 17.8 Å². The van der Waals surface area contributed by atoms with E-state index in [2.05, 4.69) is 19.1 Å². The van der Waals surface area contributed by atoms with Crippen LogP contribution in [0.5, 0.6) is 0 Å². The fraction of sp³-hybridized carbons (Fsp3) is 0.714. The minimum absolute atomic E-state index is 0. The van der Waals surface area contributed by atoms with Crippen LogP contribution in [0.4, 0.5) is 4.39 Å². The molecule has 0 nitrogen and oxygen atoms in total. The van der Waals surface area contributed by atoms with Crippen LogP contribution in [0.2, 0.25) is 0 Å². The standard InChI is InChI=1S/C21H30F.Rb/c1-16-5-7-17(8-6-16)9-10-18-11-13-19(14-12-18)20-3-2-4-21(22)15-20;/h2-3,15-19H,5-14H2,1H3;/q-1;+1. The van der Waals surface area contributed by atoms with Crippen LogP contribution in [0.15, 0.2) is 18.2 Å². The predicted molar refractivity (Wildman–Crippen MR) is 90.3 cm³/mol. The Balaban J connectivity index is 0.00000192. The summed E-state index contributed by atoms with van der Waals surface area (Å²) in [5.74, 6) is 3.28. The first-order valence-electron chi connectivity index (χ1n) is 9.38. The topological polar surface area (TPSA) is 0 Å². The average molecular weight is 387 g/mol. The van der Waals surface area contributed by atoms with Crippen LogP contribution in [0.3, 0.4) is 0 Å². The summed E-state index contributed by atoms with van der Waals surface area (Å²) in [6.45, 7) is 2.40. The van der Waals surface area contributed by atoms with Gasteiger partial charge in [-0.3, -0.25) is 0 Å². The van der Waals surface area contributed by atoms with E-state index < -0.39 is 0 Å². The Kier molecular flexibility index (Phi) is 8.98. The number of rotatable bonds is 4. The van der Waals surface area contributed by atoms with Crippen molar-refractivity contribution in [3.05, 3.63) is 35.6 Å². The minimum atomic E-state index is -0.203. The van der Waals surface area contributed by atoms with E-state index in [1.807, 2.05) is 0 Å². The Hall–Kier alpha value is 0.955. The van der Waals surface area contributed by atoms with E-state index in [1.54, 1.807) is 12.1 Å². The first-order valence-corrected chi connectivity index (χ1v) is 9.38. The van der Waals surface area contributed by atoms with Crippen LogP contribution < -0.4 is 58.2 Å².